The zero-order valence-electron chi connectivity index (χ0n) is 10.0. The van der Waals surface area contributed by atoms with Gasteiger partial charge in [-0.3, -0.25) is 0 Å². The SMILES string of the molecule is CC(CO)c1ccc2c(c1)ncn2C(C)C. The maximum absolute atomic E-state index is 9.13. The summed E-state index contributed by atoms with van der Waals surface area (Å²) in [6.45, 7) is 6.48. The van der Waals surface area contributed by atoms with Gasteiger partial charge in [0.15, 0.2) is 0 Å². The zero-order valence-corrected chi connectivity index (χ0v) is 10.0. The lowest BCUT2D eigenvalue weighted by molar-refractivity contribution is 0.273. The van der Waals surface area contributed by atoms with E-state index < -0.39 is 0 Å². The van der Waals surface area contributed by atoms with Crippen molar-refractivity contribution in [2.75, 3.05) is 6.61 Å². The lowest BCUT2D eigenvalue weighted by atomic mass is 10.0. The molecule has 0 radical (unpaired) electrons. The summed E-state index contributed by atoms with van der Waals surface area (Å²) in [7, 11) is 0. The highest BCUT2D eigenvalue weighted by Crippen LogP contribution is 2.22. The van der Waals surface area contributed by atoms with E-state index in [1.54, 1.807) is 0 Å². The molecular formula is C13H18N2O. The molecule has 0 spiro atoms. The molecule has 1 atom stereocenters. The Balaban J connectivity index is 2.49. The summed E-state index contributed by atoms with van der Waals surface area (Å²) in [5.74, 6) is 0.175. The molecule has 0 fully saturated rings. The van der Waals surface area contributed by atoms with Gasteiger partial charge < -0.3 is 9.67 Å². The fraction of sp³-hybridized carbons (Fsp3) is 0.462. The van der Waals surface area contributed by atoms with Gasteiger partial charge in [0.1, 0.15) is 0 Å². The molecule has 0 bridgehead atoms. The smallest absolute Gasteiger partial charge is 0.0960 e. The van der Waals surface area contributed by atoms with Crippen molar-refractivity contribution in [1.29, 1.82) is 0 Å². The van der Waals surface area contributed by atoms with Crippen LogP contribution in [0.15, 0.2) is 24.5 Å². The Morgan fingerprint density at radius 1 is 1.31 bits per heavy atom. The van der Waals surface area contributed by atoms with E-state index in [2.05, 4.69) is 41.6 Å². The Morgan fingerprint density at radius 3 is 2.69 bits per heavy atom. The van der Waals surface area contributed by atoms with Crippen LogP contribution in [0, 0.1) is 0 Å². The van der Waals surface area contributed by atoms with E-state index in [1.165, 1.54) is 0 Å². The fourth-order valence-electron chi connectivity index (χ4n) is 1.87. The molecule has 0 saturated heterocycles. The van der Waals surface area contributed by atoms with Crippen molar-refractivity contribution < 1.29 is 5.11 Å². The molecule has 1 aromatic carbocycles. The lowest BCUT2D eigenvalue weighted by Crippen LogP contribution is -2.00. The molecule has 3 heteroatoms. The van der Waals surface area contributed by atoms with Crippen molar-refractivity contribution >= 4 is 11.0 Å². The van der Waals surface area contributed by atoms with Crippen LogP contribution >= 0.6 is 0 Å². The molecule has 86 valence electrons. The number of hydrogen-bond acceptors (Lipinski definition) is 2. The third-order valence-electron chi connectivity index (χ3n) is 3.00. The number of rotatable bonds is 3. The predicted molar refractivity (Wildman–Crippen MR) is 65.6 cm³/mol. The van der Waals surface area contributed by atoms with E-state index in [4.69, 9.17) is 5.11 Å². The van der Waals surface area contributed by atoms with E-state index in [-0.39, 0.29) is 12.5 Å². The van der Waals surface area contributed by atoms with Crippen LogP contribution in [0.3, 0.4) is 0 Å². The third kappa shape index (κ3) is 1.83. The van der Waals surface area contributed by atoms with Crippen LogP contribution in [-0.2, 0) is 0 Å². The average molecular weight is 218 g/mol. The van der Waals surface area contributed by atoms with Crippen molar-refractivity contribution in [3.05, 3.63) is 30.1 Å². The first-order valence-corrected chi connectivity index (χ1v) is 5.71. The Kier molecular flexibility index (Phi) is 2.97. The molecule has 3 nitrogen and oxygen atoms in total. The van der Waals surface area contributed by atoms with E-state index >= 15 is 0 Å². The first-order valence-electron chi connectivity index (χ1n) is 5.71. The van der Waals surface area contributed by atoms with Crippen molar-refractivity contribution in [3.63, 3.8) is 0 Å². The summed E-state index contributed by atoms with van der Waals surface area (Å²) >= 11 is 0. The molecule has 0 saturated carbocycles. The second-order valence-electron chi connectivity index (χ2n) is 4.58. The van der Waals surface area contributed by atoms with Crippen LogP contribution in [0.1, 0.15) is 38.3 Å². The Hall–Kier alpha value is -1.35. The highest BCUT2D eigenvalue weighted by molar-refractivity contribution is 5.76. The van der Waals surface area contributed by atoms with Gasteiger partial charge in [-0.1, -0.05) is 13.0 Å². The van der Waals surface area contributed by atoms with Crippen LogP contribution in [-0.4, -0.2) is 21.3 Å². The van der Waals surface area contributed by atoms with Crippen LogP contribution in [0.2, 0.25) is 0 Å². The Morgan fingerprint density at radius 2 is 2.06 bits per heavy atom. The van der Waals surface area contributed by atoms with Crippen molar-refractivity contribution in [2.24, 2.45) is 0 Å². The van der Waals surface area contributed by atoms with Gasteiger partial charge in [0, 0.05) is 18.6 Å². The standard InChI is InChI=1S/C13H18N2O/c1-9(2)15-8-14-12-6-11(10(3)7-16)4-5-13(12)15/h4-6,8-10,16H,7H2,1-3H3. The summed E-state index contributed by atoms with van der Waals surface area (Å²) < 4.78 is 2.16. The number of benzene rings is 1. The van der Waals surface area contributed by atoms with E-state index in [1.807, 2.05) is 13.3 Å². The lowest BCUT2D eigenvalue weighted by Gasteiger charge is -2.10. The van der Waals surface area contributed by atoms with Crippen molar-refractivity contribution in [1.82, 2.24) is 9.55 Å². The van der Waals surface area contributed by atoms with Gasteiger partial charge in [0.25, 0.3) is 0 Å². The Labute approximate surface area is 95.7 Å². The molecule has 0 aliphatic rings. The molecule has 0 amide bonds. The molecule has 16 heavy (non-hydrogen) atoms. The van der Waals surface area contributed by atoms with Gasteiger partial charge in [0.2, 0.25) is 0 Å². The Bertz CT molecular complexity index is 488. The minimum absolute atomic E-state index is 0.175. The molecule has 1 N–H and O–H groups in total. The maximum atomic E-state index is 9.13. The average Bonchev–Trinajstić information content (AvgIpc) is 2.70. The summed E-state index contributed by atoms with van der Waals surface area (Å²) in [6.07, 6.45) is 1.88. The summed E-state index contributed by atoms with van der Waals surface area (Å²) in [6, 6.07) is 6.65. The minimum Gasteiger partial charge on any atom is -0.396 e. The second-order valence-corrected chi connectivity index (χ2v) is 4.58. The second kappa shape index (κ2) is 4.26. The minimum atomic E-state index is 0.175. The van der Waals surface area contributed by atoms with Crippen molar-refractivity contribution in [3.8, 4) is 0 Å². The van der Waals surface area contributed by atoms with Gasteiger partial charge in [-0.15, -0.1) is 0 Å². The third-order valence-corrected chi connectivity index (χ3v) is 3.00. The number of imidazole rings is 1. The molecule has 0 aliphatic carbocycles. The summed E-state index contributed by atoms with van der Waals surface area (Å²) in [5.41, 5.74) is 3.30. The normalized spacial score (nSPS) is 13.6. The van der Waals surface area contributed by atoms with Gasteiger partial charge in [-0.05, 0) is 31.5 Å². The number of aromatic nitrogens is 2. The summed E-state index contributed by atoms with van der Waals surface area (Å²) in [4.78, 5) is 4.40. The van der Waals surface area contributed by atoms with E-state index in [0.717, 1.165) is 16.6 Å². The molecule has 0 aliphatic heterocycles. The molecule has 1 heterocycles. The van der Waals surface area contributed by atoms with Crippen LogP contribution < -0.4 is 0 Å². The molecule has 2 aromatic rings. The number of fused-ring (bicyclic) bond motifs is 1. The first-order chi connectivity index (χ1) is 7.63. The van der Waals surface area contributed by atoms with Crippen molar-refractivity contribution in [2.45, 2.75) is 32.7 Å². The molecule has 2 rings (SSSR count). The number of aliphatic hydroxyl groups excluding tert-OH is 1. The van der Waals surface area contributed by atoms with E-state index in [9.17, 15) is 0 Å². The highest BCUT2D eigenvalue weighted by atomic mass is 16.3. The topological polar surface area (TPSA) is 38.1 Å². The fourth-order valence-corrected chi connectivity index (χ4v) is 1.87. The largest absolute Gasteiger partial charge is 0.396 e. The highest BCUT2D eigenvalue weighted by Gasteiger charge is 2.09. The maximum Gasteiger partial charge on any atom is 0.0960 e. The van der Waals surface area contributed by atoms with Gasteiger partial charge in [-0.25, -0.2) is 4.98 Å². The monoisotopic (exact) mass is 218 g/mol. The number of hydrogen-bond donors (Lipinski definition) is 1. The van der Waals surface area contributed by atoms with Gasteiger partial charge in [-0.2, -0.15) is 0 Å². The van der Waals surface area contributed by atoms with Crippen LogP contribution in [0.25, 0.3) is 11.0 Å². The number of nitrogens with zero attached hydrogens (tertiary/aromatic N) is 2. The molecule has 1 aromatic heterocycles. The van der Waals surface area contributed by atoms with E-state index in [0.29, 0.717) is 6.04 Å². The quantitative estimate of drug-likeness (QED) is 0.860. The van der Waals surface area contributed by atoms with Crippen LogP contribution in [0.4, 0.5) is 0 Å². The number of aliphatic hydroxyl groups is 1. The molecule has 1 unspecified atom stereocenters. The first kappa shape index (κ1) is 11.1. The summed E-state index contributed by atoms with van der Waals surface area (Å²) in [5, 5.41) is 9.13. The van der Waals surface area contributed by atoms with Gasteiger partial charge >= 0.3 is 0 Å². The molecular weight excluding hydrogens is 200 g/mol. The van der Waals surface area contributed by atoms with Crippen LogP contribution in [0.5, 0.6) is 0 Å². The predicted octanol–water partition coefficient (Wildman–Crippen LogP) is 2.71. The zero-order chi connectivity index (χ0) is 11.7. The van der Waals surface area contributed by atoms with Gasteiger partial charge in [0.05, 0.1) is 17.4 Å².